The van der Waals surface area contributed by atoms with E-state index in [9.17, 15) is 18.3 Å². The Hall–Kier alpha value is -2.21. The van der Waals surface area contributed by atoms with Gasteiger partial charge in [-0.15, -0.1) is 24.0 Å². The lowest BCUT2D eigenvalue weighted by Crippen LogP contribution is -2.41. The molecule has 0 aromatic heterocycles. The highest BCUT2D eigenvalue weighted by molar-refractivity contribution is 14.0. The van der Waals surface area contributed by atoms with Gasteiger partial charge in [0.05, 0.1) is 24.8 Å². The molecule has 0 radical (unpaired) electrons. The van der Waals surface area contributed by atoms with Crippen LogP contribution in [-0.4, -0.2) is 43.5 Å². The number of hydrogen-bond acceptors (Lipinski definition) is 4. The molecule has 0 spiro atoms. The summed E-state index contributed by atoms with van der Waals surface area (Å²) in [4.78, 5) is 4.39. The Balaban J connectivity index is 0.00000363. The van der Waals surface area contributed by atoms with E-state index in [2.05, 4.69) is 15.6 Å². The molecule has 0 saturated heterocycles. The normalized spacial score (nSPS) is 16.8. The minimum absolute atomic E-state index is 0. The third-order valence-corrected chi connectivity index (χ3v) is 4.68. The zero-order chi connectivity index (χ0) is 22.3. The first-order chi connectivity index (χ1) is 14.9. The summed E-state index contributed by atoms with van der Waals surface area (Å²) in [7, 11) is 0. The Labute approximate surface area is 202 Å². The van der Waals surface area contributed by atoms with Crippen LogP contribution in [0, 0.1) is 0 Å². The van der Waals surface area contributed by atoms with E-state index >= 15 is 0 Å². The van der Waals surface area contributed by atoms with Gasteiger partial charge in [-0.25, -0.2) is 0 Å². The number of hydrogen-bond donors (Lipinski definition) is 3. The van der Waals surface area contributed by atoms with Crippen molar-refractivity contribution in [1.82, 2.24) is 10.6 Å². The van der Waals surface area contributed by atoms with E-state index in [0.717, 1.165) is 29.9 Å². The van der Waals surface area contributed by atoms with E-state index in [1.54, 1.807) is 0 Å². The first-order valence-electron chi connectivity index (χ1n) is 10.1. The quantitative estimate of drug-likeness (QED) is 0.268. The van der Waals surface area contributed by atoms with Gasteiger partial charge in [0, 0.05) is 18.5 Å². The number of para-hydroxylation sites is 1. The molecule has 32 heavy (non-hydrogen) atoms. The number of nitrogens with zero attached hydrogens (tertiary/aromatic N) is 1. The van der Waals surface area contributed by atoms with Gasteiger partial charge in [0.2, 0.25) is 0 Å². The Kier molecular flexibility index (Phi) is 9.88. The summed E-state index contributed by atoms with van der Waals surface area (Å²) in [6.07, 6.45) is -4.66. The molecule has 1 aliphatic heterocycles. The number of benzene rings is 2. The van der Waals surface area contributed by atoms with Crippen molar-refractivity contribution < 1.29 is 27.8 Å². The Bertz CT molecular complexity index is 896. The zero-order valence-corrected chi connectivity index (χ0v) is 19.9. The summed E-state index contributed by atoms with van der Waals surface area (Å²) >= 11 is 0. The Morgan fingerprint density at radius 1 is 1.25 bits per heavy atom. The molecule has 0 saturated carbocycles. The first kappa shape index (κ1) is 26.0. The molecule has 1 aliphatic rings. The van der Waals surface area contributed by atoms with Crippen molar-refractivity contribution in [2.75, 3.05) is 26.3 Å². The lowest BCUT2D eigenvalue weighted by atomic mass is 10.0. The van der Waals surface area contributed by atoms with Gasteiger partial charge >= 0.3 is 6.18 Å². The molecule has 0 amide bonds. The van der Waals surface area contributed by atoms with Gasteiger partial charge in [-0.1, -0.05) is 24.3 Å². The molecule has 0 aliphatic carbocycles. The summed E-state index contributed by atoms with van der Waals surface area (Å²) in [5.41, 5.74) is 0.237. The SMILES string of the molecule is CCNC(=NCC(O)COc1cccc(C(F)(F)F)c1)NC1CCOc2ccccc21.I. The summed E-state index contributed by atoms with van der Waals surface area (Å²) in [6, 6.07) is 12.3. The Morgan fingerprint density at radius 2 is 2.03 bits per heavy atom. The van der Waals surface area contributed by atoms with Crippen LogP contribution in [0.1, 0.15) is 30.5 Å². The first-order valence-corrected chi connectivity index (χ1v) is 10.1. The standard InChI is InChI=1S/C22H26F3N3O3.HI/c1-2-26-21(28-19-10-11-30-20-9-4-3-8-18(19)20)27-13-16(29)14-31-17-7-5-6-15(12-17)22(23,24)25;/h3-9,12,16,19,29H,2,10-11,13-14H2,1H3,(H2,26,27,28);1H. The van der Waals surface area contributed by atoms with Crippen molar-refractivity contribution in [3.8, 4) is 11.5 Å². The van der Waals surface area contributed by atoms with Crippen molar-refractivity contribution in [3.63, 3.8) is 0 Å². The summed E-state index contributed by atoms with van der Waals surface area (Å²) < 4.78 is 49.4. The second kappa shape index (κ2) is 12.1. The highest BCUT2D eigenvalue weighted by Crippen LogP contribution is 2.32. The maximum absolute atomic E-state index is 12.8. The fourth-order valence-electron chi connectivity index (χ4n) is 3.18. The van der Waals surface area contributed by atoms with E-state index in [0.29, 0.717) is 19.1 Å². The molecule has 2 unspecified atom stereocenters. The zero-order valence-electron chi connectivity index (χ0n) is 17.6. The molecule has 2 aromatic carbocycles. The maximum atomic E-state index is 12.8. The van der Waals surface area contributed by atoms with Crippen LogP contribution in [0.15, 0.2) is 53.5 Å². The number of aliphatic imine (C=N–C) groups is 1. The number of nitrogens with one attached hydrogen (secondary N) is 2. The van der Waals surface area contributed by atoms with Crippen LogP contribution in [-0.2, 0) is 6.18 Å². The third kappa shape index (κ3) is 7.44. The highest BCUT2D eigenvalue weighted by Gasteiger charge is 2.30. The van der Waals surface area contributed by atoms with Crippen LogP contribution < -0.4 is 20.1 Å². The number of ether oxygens (including phenoxy) is 2. The monoisotopic (exact) mass is 565 g/mol. The minimum atomic E-state index is -4.45. The van der Waals surface area contributed by atoms with Gasteiger partial charge in [0.15, 0.2) is 5.96 Å². The molecule has 176 valence electrons. The number of guanidine groups is 1. The maximum Gasteiger partial charge on any atom is 0.416 e. The number of rotatable bonds is 7. The molecule has 0 fully saturated rings. The molecule has 6 nitrogen and oxygen atoms in total. The van der Waals surface area contributed by atoms with E-state index < -0.39 is 17.8 Å². The average Bonchev–Trinajstić information content (AvgIpc) is 2.76. The van der Waals surface area contributed by atoms with Crippen molar-refractivity contribution in [2.45, 2.75) is 31.7 Å². The lowest BCUT2D eigenvalue weighted by molar-refractivity contribution is -0.137. The third-order valence-electron chi connectivity index (χ3n) is 4.68. The van der Waals surface area contributed by atoms with Crippen molar-refractivity contribution in [1.29, 1.82) is 0 Å². The van der Waals surface area contributed by atoms with Gasteiger partial charge in [0.1, 0.15) is 24.2 Å². The number of fused-ring (bicyclic) bond motifs is 1. The molecular weight excluding hydrogens is 538 g/mol. The Morgan fingerprint density at radius 3 is 2.78 bits per heavy atom. The molecule has 10 heteroatoms. The van der Waals surface area contributed by atoms with E-state index in [-0.39, 0.29) is 48.9 Å². The van der Waals surface area contributed by atoms with Crippen LogP contribution in [0.4, 0.5) is 13.2 Å². The van der Waals surface area contributed by atoms with E-state index in [4.69, 9.17) is 9.47 Å². The molecule has 3 N–H and O–H groups in total. The highest BCUT2D eigenvalue weighted by atomic mass is 127. The smallest absolute Gasteiger partial charge is 0.416 e. The number of halogens is 4. The molecule has 0 bridgehead atoms. The lowest BCUT2D eigenvalue weighted by Gasteiger charge is -2.28. The predicted octanol–water partition coefficient (Wildman–Crippen LogP) is 4.14. The van der Waals surface area contributed by atoms with Crippen LogP contribution in [0.25, 0.3) is 0 Å². The largest absolute Gasteiger partial charge is 0.493 e. The van der Waals surface area contributed by atoms with Crippen molar-refractivity contribution in [3.05, 3.63) is 59.7 Å². The van der Waals surface area contributed by atoms with Crippen LogP contribution in [0.5, 0.6) is 11.5 Å². The molecule has 3 rings (SSSR count). The second-order valence-corrected chi connectivity index (χ2v) is 7.08. The summed E-state index contributed by atoms with van der Waals surface area (Å²) in [6.45, 7) is 3.00. The average molecular weight is 565 g/mol. The van der Waals surface area contributed by atoms with Gasteiger partial charge < -0.3 is 25.2 Å². The van der Waals surface area contributed by atoms with Crippen molar-refractivity contribution >= 4 is 29.9 Å². The van der Waals surface area contributed by atoms with E-state index in [1.807, 2.05) is 31.2 Å². The van der Waals surface area contributed by atoms with Gasteiger partial charge in [-0.2, -0.15) is 13.2 Å². The van der Waals surface area contributed by atoms with Crippen LogP contribution >= 0.6 is 24.0 Å². The fourth-order valence-corrected chi connectivity index (χ4v) is 3.18. The summed E-state index contributed by atoms with van der Waals surface area (Å²) in [5, 5.41) is 16.7. The predicted molar refractivity (Wildman–Crippen MR) is 127 cm³/mol. The molecule has 2 aromatic rings. The van der Waals surface area contributed by atoms with Crippen LogP contribution in [0.2, 0.25) is 0 Å². The number of alkyl halides is 3. The molecular formula is C22H27F3IN3O3. The summed E-state index contributed by atoms with van der Waals surface area (Å²) in [5.74, 6) is 1.40. The van der Waals surface area contributed by atoms with Crippen LogP contribution in [0.3, 0.4) is 0 Å². The topological polar surface area (TPSA) is 75.1 Å². The second-order valence-electron chi connectivity index (χ2n) is 7.08. The van der Waals surface area contributed by atoms with Gasteiger partial charge in [-0.05, 0) is 31.2 Å². The fraction of sp³-hybridized carbons (Fsp3) is 0.409. The number of aliphatic hydroxyl groups is 1. The van der Waals surface area contributed by atoms with Crippen molar-refractivity contribution in [2.24, 2.45) is 4.99 Å². The molecule has 2 atom stereocenters. The number of aliphatic hydroxyl groups excluding tert-OH is 1. The minimum Gasteiger partial charge on any atom is -0.493 e. The van der Waals surface area contributed by atoms with Gasteiger partial charge in [-0.3, -0.25) is 4.99 Å². The van der Waals surface area contributed by atoms with E-state index in [1.165, 1.54) is 12.1 Å². The molecule has 1 heterocycles. The van der Waals surface area contributed by atoms with Gasteiger partial charge in [0.25, 0.3) is 0 Å².